The van der Waals surface area contributed by atoms with Crippen LogP contribution >= 0.6 is 0 Å². The Balaban J connectivity index is 2.56. The smallest absolute Gasteiger partial charge is 0.0206 e. The monoisotopic (exact) mass is 217 g/mol. The molecule has 1 nitrogen and oxygen atoms in total. The molecular formula is C15H23N. The van der Waals surface area contributed by atoms with Gasteiger partial charge in [-0.2, -0.15) is 0 Å². The Morgan fingerprint density at radius 3 is 1.88 bits per heavy atom. The van der Waals surface area contributed by atoms with Crippen molar-refractivity contribution in [3.05, 3.63) is 33.9 Å². The molecule has 0 aromatic heterocycles. The van der Waals surface area contributed by atoms with Crippen molar-refractivity contribution < 1.29 is 0 Å². The molecule has 0 spiro atoms. The van der Waals surface area contributed by atoms with Crippen molar-refractivity contribution in [2.24, 2.45) is 0 Å². The number of aryl methyl sites for hydroxylation is 2. The molecular weight excluding hydrogens is 194 g/mol. The van der Waals surface area contributed by atoms with E-state index < -0.39 is 0 Å². The van der Waals surface area contributed by atoms with Gasteiger partial charge >= 0.3 is 0 Å². The lowest BCUT2D eigenvalue weighted by molar-refractivity contribution is 0.207. The Morgan fingerprint density at radius 2 is 1.56 bits per heavy atom. The van der Waals surface area contributed by atoms with Crippen LogP contribution in [0.5, 0.6) is 0 Å². The molecule has 0 radical (unpaired) electrons. The maximum atomic E-state index is 3.53. The molecule has 1 aliphatic rings. The number of nitrogens with one attached hydrogen (secondary N) is 1. The van der Waals surface area contributed by atoms with E-state index in [0.717, 1.165) is 6.54 Å². The third-order valence-electron chi connectivity index (χ3n) is 4.41. The van der Waals surface area contributed by atoms with E-state index in [0.29, 0.717) is 5.92 Å². The maximum absolute atomic E-state index is 3.53. The lowest BCUT2D eigenvalue weighted by Crippen LogP contribution is -2.59. The number of rotatable bonds is 1. The first-order valence-electron chi connectivity index (χ1n) is 6.17. The summed E-state index contributed by atoms with van der Waals surface area (Å²) >= 11 is 0. The largest absolute Gasteiger partial charge is 0.310 e. The Hall–Kier alpha value is -0.820. The van der Waals surface area contributed by atoms with Crippen LogP contribution in [0.4, 0.5) is 0 Å². The molecule has 1 aromatic carbocycles. The van der Waals surface area contributed by atoms with E-state index in [4.69, 9.17) is 0 Å². The molecule has 1 N–H and O–H groups in total. The van der Waals surface area contributed by atoms with Crippen molar-refractivity contribution in [3.63, 3.8) is 0 Å². The highest BCUT2D eigenvalue weighted by Crippen LogP contribution is 2.39. The average molecular weight is 217 g/mol. The second-order valence-corrected chi connectivity index (χ2v) is 5.83. The molecule has 1 aromatic rings. The van der Waals surface area contributed by atoms with Gasteiger partial charge in [0.1, 0.15) is 0 Å². The van der Waals surface area contributed by atoms with Crippen molar-refractivity contribution in [2.45, 2.75) is 53.0 Å². The van der Waals surface area contributed by atoms with E-state index in [9.17, 15) is 0 Å². The minimum absolute atomic E-state index is 0.260. The second kappa shape index (κ2) is 3.59. The summed E-state index contributed by atoms with van der Waals surface area (Å²) in [5.74, 6) is 0.672. The molecule has 1 fully saturated rings. The zero-order chi connectivity index (χ0) is 12.1. The van der Waals surface area contributed by atoms with Gasteiger partial charge in [0.15, 0.2) is 0 Å². The van der Waals surface area contributed by atoms with E-state index in [2.05, 4.69) is 52.9 Å². The van der Waals surface area contributed by atoms with Crippen molar-refractivity contribution in [3.8, 4) is 0 Å². The average Bonchev–Trinajstić information content (AvgIpc) is 2.20. The van der Waals surface area contributed by atoms with Gasteiger partial charge in [0.05, 0.1) is 0 Å². The van der Waals surface area contributed by atoms with Gasteiger partial charge in [-0.25, -0.2) is 0 Å². The first-order valence-corrected chi connectivity index (χ1v) is 6.17. The molecule has 1 heteroatoms. The van der Waals surface area contributed by atoms with Crippen molar-refractivity contribution in [2.75, 3.05) is 6.54 Å². The van der Waals surface area contributed by atoms with E-state index in [1.54, 1.807) is 5.56 Å². The van der Waals surface area contributed by atoms with E-state index in [1.165, 1.54) is 22.3 Å². The summed E-state index contributed by atoms with van der Waals surface area (Å²) in [7, 11) is 0. The van der Waals surface area contributed by atoms with E-state index >= 15 is 0 Å². The van der Waals surface area contributed by atoms with Crippen LogP contribution in [-0.2, 0) is 0 Å². The van der Waals surface area contributed by atoms with Gasteiger partial charge in [-0.15, -0.1) is 0 Å². The molecule has 0 saturated carbocycles. The highest BCUT2D eigenvalue weighted by Gasteiger charge is 2.40. The van der Waals surface area contributed by atoms with Gasteiger partial charge in [0, 0.05) is 18.0 Å². The molecule has 1 atom stereocenters. The van der Waals surface area contributed by atoms with Crippen LogP contribution < -0.4 is 5.32 Å². The fourth-order valence-electron chi connectivity index (χ4n) is 2.85. The lowest BCUT2D eigenvalue weighted by Gasteiger charge is -2.47. The number of hydrogen-bond acceptors (Lipinski definition) is 1. The fourth-order valence-corrected chi connectivity index (χ4v) is 2.85. The highest BCUT2D eigenvalue weighted by molar-refractivity contribution is 5.48. The van der Waals surface area contributed by atoms with Crippen LogP contribution in [-0.4, -0.2) is 12.1 Å². The minimum Gasteiger partial charge on any atom is -0.310 e. The standard InChI is InChI=1S/C15H23N/c1-9-7-10(2)12(4)14(11(9)3)13-8-16-15(13,5)6/h7,13,16H,8H2,1-6H3. The van der Waals surface area contributed by atoms with Crippen LogP contribution in [0.25, 0.3) is 0 Å². The van der Waals surface area contributed by atoms with Gasteiger partial charge < -0.3 is 5.32 Å². The van der Waals surface area contributed by atoms with Gasteiger partial charge in [-0.1, -0.05) is 6.07 Å². The Morgan fingerprint density at radius 1 is 1.06 bits per heavy atom. The van der Waals surface area contributed by atoms with E-state index in [-0.39, 0.29) is 5.54 Å². The summed E-state index contributed by atoms with van der Waals surface area (Å²) in [4.78, 5) is 0. The zero-order valence-corrected chi connectivity index (χ0v) is 11.4. The quantitative estimate of drug-likeness (QED) is 0.760. The van der Waals surface area contributed by atoms with Crippen LogP contribution in [0.1, 0.15) is 47.6 Å². The topological polar surface area (TPSA) is 12.0 Å². The second-order valence-electron chi connectivity index (χ2n) is 5.83. The molecule has 0 amide bonds. The Bertz CT molecular complexity index is 403. The molecule has 2 rings (SSSR count). The number of hydrogen-bond donors (Lipinski definition) is 1. The summed E-state index contributed by atoms with van der Waals surface area (Å²) < 4.78 is 0. The summed E-state index contributed by atoms with van der Waals surface area (Å²) in [6.45, 7) is 14.7. The first kappa shape index (κ1) is 11.7. The predicted molar refractivity (Wildman–Crippen MR) is 70.2 cm³/mol. The third-order valence-corrected chi connectivity index (χ3v) is 4.41. The fraction of sp³-hybridized carbons (Fsp3) is 0.600. The van der Waals surface area contributed by atoms with Gasteiger partial charge in [0.2, 0.25) is 0 Å². The van der Waals surface area contributed by atoms with Crippen molar-refractivity contribution in [1.29, 1.82) is 0 Å². The van der Waals surface area contributed by atoms with Gasteiger partial charge in [-0.05, 0) is 69.4 Å². The van der Waals surface area contributed by atoms with Crippen LogP contribution in [0.3, 0.4) is 0 Å². The van der Waals surface area contributed by atoms with Crippen LogP contribution in [0.2, 0.25) is 0 Å². The molecule has 16 heavy (non-hydrogen) atoms. The molecule has 0 aliphatic carbocycles. The molecule has 0 bridgehead atoms. The van der Waals surface area contributed by atoms with Crippen LogP contribution in [0.15, 0.2) is 6.07 Å². The summed E-state index contributed by atoms with van der Waals surface area (Å²) in [5.41, 5.74) is 7.68. The lowest BCUT2D eigenvalue weighted by atomic mass is 9.71. The highest BCUT2D eigenvalue weighted by atomic mass is 15.1. The molecule has 1 heterocycles. The third kappa shape index (κ3) is 1.58. The molecule has 1 aliphatic heterocycles. The van der Waals surface area contributed by atoms with Crippen molar-refractivity contribution in [1.82, 2.24) is 5.32 Å². The van der Waals surface area contributed by atoms with Gasteiger partial charge in [0.25, 0.3) is 0 Å². The first-order chi connectivity index (χ1) is 7.34. The summed E-state index contributed by atoms with van der Waals surface area (Å²) in [6.07, 6.45) is 0. The van der Waals surface area contributed by atoms with Crippen LogP contribution in [0, 0.1) is 27.7 Å². The maximum Gasteiger partial charge on any atom is 0.0206 e. The number of benzene rings is 1. The molecule has 1 unspecified atom stereocenters. The molecule has 88 valence electrons. The summed E-state index contributed by atoms with van der Waals surface area (Å²) in [5, 5.41) is 3.53. The zero-order valence-electron chi connectivity index (χ0n) is 11.4. The summed E-state index contributed by atoms with van der Waals surface area (Å²) in [6, 6.07) is 2.31. The SMILES string of the molecule is Cc1cc(C)c(C)c(C2CNC2(C)C)c1C. The van der Waals surface area contributed by atoms with E-state index in [1.807, 2.05) is 0 Å². The predicted octanol–water partition coefficient (Wildman–Crippen LogP) is 3.39. The van der Waals surface area contributed by atoms with Crippen molar-refractivity contribution >= 4 is 0 Å². The normalized spacial score (nSPS) is 23.0. The Labute approximate surface area is 99.3 Å². The van der Waals surface area contributed by atoms with Gasteiger partial charge in [-0.3, -0.25) is 0 Å². The Kier molecular flexibility index (Phi) is 2.62. The molecule has 1 saturated heterocycles. The minimum atomic E-state index is 0.260.